The molecule has 552 valence electrons. The summed E-state index contributed by atoms with van der Waals surface area (Å²) in [5.41, 5.74) is 0. The normalized spacial score (nSPS) is 14.0. The first-order valence-corrected chi connectivity index (χ1v) is 41.6. The molecule has 0 bridgehead atoms. The van der Waals surface area contributed by atoms with Crippen LogP contribution >= 0.6 is 15.6 Å². The van der Waals surface area contributed by atoms with E-state index in [9.17, 15) is 43.2 Å². The quantitative estimate of drug-likeness (QED) is 0.0222. The van der Waals surface area contributed by atoms with Gasteiger partial charge >= 0.3 is 39.5 Å². The van der Waals surface area contributed by atoms with Crippen molar-refractivity contribution in [2.24, 2.45) is 5.92 Å². The second-order valence-electron chi connectivity index (χ2n) is 27.2. The highest BCUT2D eigenvalue weighted by Gasteiger charge is 2.30. The lowest BCUT2D eigenvalue weighted by Crippen LogP contribution is -2.30. The first-order chi connectivity index (χ1) is 45.0. The summed E-state index contributed by atoms with van der Waals surface area (Å²) in [5, 5.41) is 10.6. The van der Waals surface area contributed by atoms with Gasteiger partial charge in [-0.05, 0) is 31.6 Å². The van der Waals surface area contributed by atoms with E-state index in [0.717, 1.165) is 95.8 Å². The van der Waals surface area contributed by atoms with Crippen LogP contribution in [0.25, 0.3) is 0 Å². The predicted molar refractivity (Wildman–Crippen MR) is 377 cm³/mol. The Morgan fingerprint density at radius 2 is 0.495 bits per heavy atom. The zero-order valence-electron chi connectivity index (χ0n) is 60.4. The van der Waals surface area contributed by atoms with Crippen LogP contribution in [-0.4, -0.2) is 96.7 Å². The molecule has 0 amide bonds. The summed E-state index contributed by atoms with van der Waals surface area (Å²) in [5.74, 6) is -1.31. The Bertz CT molecular complexity index is 1790. The van der Waals surface area contributed by atoms with E-state index in [4.69, 9.17) is 37.0 Å². The third-order valence-corrected chi connectivity index (χ3v) is 19.2. The average Bonchev–Trinajstić information content (AvgIpc) is 1.82. The molecule has 0 heterocycles. The topological polar surface area (TPSA) is 237 Å². The number of rotatable bonds is 74. The summed E-state index contributed by atoms with van der Waals surface area (Å²) in [6.07, 6.45) is 55.3. The van der Waals surface area contributed by atoms with E-state index in [2.05, 4.69) is 34.6 Å². The highest BCUT2D eigenvalue weighted by atomic mass is 31.2. The fourth-order valence-electron chi connectivity index (χ4n) is 11.4. The van der Waals surface area contributed by atoms with E-state index in [1.807, 2.05) is 0 Å². The maximum absolute atomic E-state index is 13.1. The van der Waals surface area contributed by atoms with E-state index in [1.54, 1.807) is 0 Å². The molecule has 0 aromatic heterocycles. The largest absolute Gasteiger partial charge is 0.472 e. The lowest BCUT2D eigenvalue weighted by atomic mass is 10.0. The van der Waals surface area contributed by atoms with Gasteiger partial charge in [0.15, 0.2) is 12.2 Å². The fraction of sp³-hybridized carbons (Fsp3) is 0.946. The summed E-state index contributed by atoms with van der Waals surface area (Å²) in [6, 6.07) is 0. The molecule has 0 spiro atoms. The van der Waals surface area contributed by atoms with Gasteiger partial charge in [-0.25, -0.2) is 9.13 Å². The Morgan fingerprint density at radius 3 is 0.731 bits per heavy atom. The van der Waals surface area contributed by atoms with Crippen LogP contribution in [0.1, 0.15) is 388 Å². The van der Waals surface area contributed by atoms with Crippen LogP contribution in [0.15, 0.2) is 0 Å². The molecule has 19 heteroatoms. The molecule has 0 aromatic carbocycles. The molecular formula is C74H144O17P2. The number of unbranched alkanes of at least 4 members (excludes halogenated alkanes) is 46. The summed E-state index contributed by atoms with van der Waals surface area (Å²) >= 11 is 0. The standard InChI is InChI=1S/C74H144O17P2/c1-6-9-12-15-18-21-23-25-30-34-38-43-48-53-58-72(77)85-64-70(91-74(79)60-55-50-45-40-35-31-28-26-27-29-32-37-41-46-51-56-67(4)5)66-89-93(82,83)87-62-68(75)61-86-92(80,81)88-65-69(63-84-71(76)57-52-47-42-36-20-17-14-11-8-3)90-73(78)59-54-49-44-39-33-24-22-19-16-13-10-7-2/h67-70,75H,6-66H2,1-5H3,(H,80,81)(H,82,83)/t68-,69+,70+/m0/s1. The number of hydrogen-bond acceptors (Lipinski definition) is 15. The number of phosphoric ester groups is 2. The van der Waals surface area contributed by atoms with Gasteiger partial charge in [-0.15, -0.1) is 0 Å². The van der Waals surface area contributed by atoms with E-state index >= 15 is 0 Å². The van der Waals surface area contributed by atoms with E-state index in [1.165, 1.54) is 212 Å². The number of phosphoric acid groups is 2. The molecule has 0 aliphatic rings. The minimum atomic E-state index is -4.95. The average molecular weight is 1370 g/mol. The minimum absolute atomic E-state index is 0.108. The van der Waals surface area contributed by atoms with E-state index in [0.29, 0.717) is 25.7 Å². The van der Waals surface area contributed by atoms with Crippen LogP contribution in [0.3, 0.4) is 0 Å². The van der Waals surface area contributed by atoms with Gasteiger partial charge < -0.3 is 33.8 Å². The van der Waals surface area contributed by atoms with E-state index < -0.39 is 97.5 Å². The van der Waals surface area contributed by atoms with Crippen LogP contribution in [0.5, 0.6) is 0 Å². The van der Waals surface area contributed by atoms with Crippen molar-refractivity contribution in [1.82, 2.24) is 0 Å². The molecule has 0 aromatic rings. The molecule has 0 aliphatic carbocycles. The predicted octanol–water partition coefficient (Wildman–Crippen LogP) is 21.7. The van der Waals surface area contributed by atoms with Gasteiger partial charge in [-0.1, -0.05) is 336 Å². The number of ether oxygens (including phenoxy) is 4. The van der Waals surface area contributed by atoms with Crippen molar-refractivity contribution >= 4 is 39.5 Å². The van der Waals surface area contributed by atoms with Crippen LogP contribution in [-0.2, 0) is 65.4 Å². The Hall–Kier alpha value is -1.94. The van der Waals surface area contributed by atoms with Crippen LogP contribution in [0.2, 0.25) is 0 Å². The third kappa shape index (κ3) is 68.4. The third-order valence-electron chi connectivity index (χ3n) is 17.3. The molecule has 2 unspecified atom stereocenters. The van der Waals surface area contributed by atoms with Gasteiger partial charge in [0.2, 0.25) is 0 Å². The maximum Gasteiger partial charge on any atom is 0.472 e. The van der Waals surface area contributed by atoms with Crippen molar-refractivity contribution in [3.8, 4) is 0 Å². The number of esters is 4. The molecule has 0 saturated heterocycles. The molecule has 0 fully saturated rings. The van der Waals surface area contributed by atoms with Crippen molar-refractivity contribution < 1.29 is 80.2 Å². The highest BCUT2D eigenvalue weighted by molar-refractivity contribution is 7.47. The maximum atomic E-state index is 13.1. The Balaban J connectivity index is 5.22. The van der Waals surface area contributed by atoms with Gasteiger partial charge in [-0.2, -0.15) is 0 Å². The molecule has 0 saturated carbocycles. The smallest absolute Gasteiger partial charge is 0.462 e. The Morgan fingerprint density at radius 1 is 0.290 bits per heavy atom. The minimum Gasteiger partial charge on any atom is -0.462 e. The zero-order valence-corrected chi connectivity index (χ0v) is 62.2. The lowest BCUT2D eigenvalue weighted by Gasteiger charge is -2.21. The number of aliphatic hydroxyl groups excluding tert-OH is 1. The van der Waals surface area contributed by atoms with E-state index in [-0.39, 0.29) is 25.7 Å². The van der Waals surface area contributed by atoms with Gasteiger partial charge in [-0.3, -0.25) is 37.3 Å². The SMILES string of the molecule is CCCCCCCCCCCCCCCCC(=O)OC[C@H](COP(=O)(O)OC[C@@H](O)COP(=O)(O)OC[C@@H](COC(=O)CCCCCCCCCCC)OC(=O)CCCCCCCCCCCCCC)OC(=O)CCCCCCCCCCCCCCCCCC(C)C. The van der Waals surface area contributed by atoms with Crippen molar-refractivity contribution in [2.45, 2.75) is 406 Å². The summed E-state index contributed by atoms with van der Waals surface area (Å²) in [4.78, 5) is 72.7. The van der Waals surface area contributed by atoms with Crippen LogP contribution in [0, 0.1) is 5.92 Å². The van der Waals surface area contributed by atoms with Gasteiger partial charge in [0, 0.05) is 25.7 Å². The molecule has 3 N–H and O–H groups in total. The number of carbonyl (C=O) groups excluding carboxylic acids is 4. The van der Waals surface area contributed by atoms with Crippen molar-refractivity contribution in [3.05, 3.63) is 0 Å². The molecule has 5 atom stereocenters. The monoisotopic (exact) mass is 1370 g/mol. The van der Waals surface area contributed by atoms with Crippen LogP contribution in [0.4, 0.5) is 0 Å². The zero-order chi connectivity index (χ0) is 68.4. The highest BCUT2D eigenvalue weighted by Crippen LogP contribution is 2.45. The molecule has 0 rings (SSSR count). The first-order valence-electron chi connectivity index (χ1n) is 38.6. The van der Waals surface area contributed by atoms with Crippen molar-refractivity contribution in [2.75, 3.05) is 39.6 Å². The Labute approximate surface area is 568 Å². The fourth-order valence-corrected chi connectivity index (χ4v) is 12.9. The van der Waals surface area contributed by atoms with Crippen LogP contribution < -0.4 is 0 Å². The summed E-state index contributed by atoms with van der Waals surface area (Å²) in [6.45, 7) is 7.29. The van der Waals surface area contributed by atoms with Crippen molar-refractivity contribution in [1.29, 1.82) is 0 Å². The van der Waals surface area contributed by atoms with Gasteiger partial charge in [0.1, 0.15) is 19.3 Å². The second kappa shape index (κ2) is 67.3. The van der Waals surface area contributed by atoms with Crippen molar-refractivity contribution in [3.63, 3.8) is 0 Å². The first kappa shape index (κ1) is 91.1. The summed E-state index contributed by atoms with van der Waals surface area (Å²) in [7, 11) is -9.90. The summed E-state index contributed by atoms with van der Waals surface area (Å²) < 4.78 is 68.4. The number of hydrogen-bond donors (Lipinski definition) is 3. The van der Waals surface area contributed by atoms with Gasteiger partial charge in [0.25, 0.3) is 0 Å². The van der Waals surface area contributed by atoms with Gasteiger partial charge in [0.05, 0.1) is 26.4 Å². The number of carbonyl (C=O) groups is 4. The molecule has 0 radical (unpaired) electrons. The number of aliphatic hydroxyl groups is 1. The molecule has 0 aliphatic heterocycles. The Kier molecular flexibility index (Phi) is 65.9. The lowest BCUT2D eigenvalue weighted by molar-refractivity contribution is -0.161. The molecule has 17 nitrogen and oxygen atoms in total. The molecular weight excluding hydrogens is 1220 g/mol. The molecule has 93 heavy (non-hydrogen) atoms. The second-order valence-corrected chi connectivity index (χ2v) is 30.1.